The van der Waals surface area contributed by atoms with E-state index >= 15 is 0 Å². The van der Waals surface area contributed by atoms with Crippen LogP contribution < -0.4 is 5.32 Å². The summed E-state index contributed by atoms with van der Waals surface area (Å²) in [4.78, 5) is 12.1. The highest BCUT2D eigenvalue weighted by molar-refractivity contribution is 9.10. The highest BCUT2D eigenvalue weighted by atomic mass is 79.9. The Balaban J connectivity index is 2.16. The Hall–Kier alpha value is -0.590. The molecular formula is C12H13BrClNO3S. The quantitative estimate of drug-likeness (QED) is 0.813. The minimum absolute atomic E-state index is 0.0863. The molecule has 0 aromatic heterocycles. The molecule has 0 bridgehead atoms. The molecule has 2 unspecified atom stereocenters. The largest absolute Gasteiger partial charge is 0.347 e. The fraction of sp³-hybridized carbons (Fsp3) is 0.417. The van der Waals surface area contributed by atoms with Gasteiger partial charge in [-0.2, -0.15) is 0 Å². The van der Waals surface area contributed by atoms with Crippen molar-refractivity contribution < 1.29 is 13.2 Å². The molecule has 2 rings (SSSR count). The van der Waals surface area contributed by atoms with Gasteiger partial charge < -0.3 is 5.32 Å². The Kier molecular flexibility index (Phi) is 4.23. The van der Waals surface area contributed by atoms with Crippen LogP contribution in [0.2, 0.25) is 0 Å². The van der Waals surface area contributed by atoms with E-state index in [-0.39, 0.29) is 17.4 Å². The van der Waals surface area contributed by atoms with Crippen LogP contribution in [0.5, 0.6) is 0 Å². The average Bonchev–Trinajstić information content (AvgIpc) is 2.55. The Morgan fingerprint density at radius 2 is 2.11 bits per heavy atom. The van der Waals surface area contributed by atoms with E-state index in [0.717, 1.165) is 10.0 Å². The van der Waals surface area contributed by atoms with Gasteiger partial charge in [-0.05, 0) is 24.6 Å². The van der Waals surface area contributed by atoms with Gasteiger partial charge in [0, 0.05) is 10.0 Å². The zero-order valence-electron chi connectivity index (χ0n) is 10.2. The molecule has 1 saturated heterocycles. The first-order chi connectivity index (χ1) is 8.80. The number of benzene rings is 1. The second-order valence-electron chi connectivity index (χ2n) is 4.59. The maximum Gasteiger partial charge on any atom is 0.251 e. The van der Waals surface area contributed by atoms with Gasteiger partial charge in [-0.25, -0.2) is 8.42 Å². The van der Waals surface area contributed by atoms with Crippen LogP contribution in [0.15, 0.2) is 22.7 Å². The first kappa shape index (κ1) is 14.8. The number of halogens is 2. The van der Waals surface area contributed by atoms with Crippen molar-refractivity contribution >= 4 is 43.3 Å². The third kappa shape index (κ3) is 3.30. The molecule has 0 radical (unpaired) electrons. The molecule has 1 amide bonds. The number of nitrogens with one attached hydrogen (secondary N) is 1. The second-order valence-corrected chi connectivity index (χ2v) is 8.15. The molecule has 1 N–H and O–H groups in total. The summed E-state index contributed by atoms with van der Waals surface area (Å²) >= 11 is 9.32. The number of rotatable bonds is 2. The molecule has 1 fully saturated rings. The monoisotopic (exact) mass is 365 g/mol. The Morgan fingerprint density at radius 3 is 2.68 bits per heavy atom. The van der Waals surface area contributed by atoms with Crippen LogP contribution in [0.1, 0.15) is 15.9 Å². The molecule has 1 aromatic rings. The maximum absolute atomic E-state index is 12.1. The van der Waals surface area contributed by atoms with Crippen molar-refractivity contribution in [2.24, 2.45) is 0 Å². The van der Waals surface area contributed by atoms with E-state index < -0.39 is 21.3 Å². The molecule has 2 atom stereocenters. The molecule has 1 heterocycles. The van der Waals surface area contributed by atoms with Gasteiger partial charge in [-0.3, -0.25) is 4.79 Å². The van der Waals surface area contributed by atoms with E-state index in [4.69, 9.17) is 11.6 Å². The first-order valence-electron chi connectivity index (χ1n) is 5.70. The van der Waals surface area contributed by atoms with Crippen molar-refractivity contribution in [1.82, 2.24) is 5.32 Å². The van der Waals surface area contributed by atoms with E-state index in [1.54, 1.807) is 12.1 Å². The van der Waals surface area contributed by atoms with Crippen LogP contribution in [0.4, 0.5) is 0 Å². The second kappa shape index (κ2) is 5.42. The summed E-state index contributed by atoms with van der Waals surface area (Å²) in [6.07, 6.45) is 0. The Bertz CT molecular complexity index is 617. The number of carbonyl (C=O) groups excluding carboxylic acids is 1. The summed E-state index contributed by atoms with van der Waals surface area (Å²) in [5.41, 5.74) is 1.33. The minimum atomic E-state index is -3.15. The third-order valence-corrected chi connectivity index (χ3v) is 6.35. The lowest BCUT2D eigenvalue weighted by Gasteiger charge is -2.15. The normalized spacial score (nSPS) is 25.2. The average molecular weight is 367 g/mol. The van der Waals surface area contributed by atoms with Gasteiger partial charge >= 0.3 is 0 Å². The summed E-state index contributed by atoms with van der Waals surface area (Å²) in [5, 5.41) is 2.13. The van der Waals surface area contributed by atoms with Crippen molar-refractivity contribution in [3.05, 3.63) is 33.8 Å². The molecule has 4 nitrogen and oxygen atoms in total. The summed E-state index contributed by atoms with van der Waals surface area (Å²) < 4.78 is 23.7. The van der Waals surface area contributed by atoms with Crippen molar-refractivity contribution in [3.8, 4) is 0 Å². The van der Waals surface area contributed by atoms with Crippen LogP contribution in [-0.2, 0) is 9.84 Å². The van der Waals surface area contributed by atoms with Gasteiger partial charge in [0.1, 0.15) is 0 Å². The lowest BCUT2D eigenvalue weighted by Crippen LogP contribution is -2.40. The van der Waals surface area contributed by atoms with E-state index in [9.17, 15) is 13.2 Å². The maximum atomic E-state index is 12.1. The van der Waals surface area contributed by atoms with E-state index in [2.05, 4.69) is 21.2 Å². The zero-order valence-corrected chi connectivity index (χ0v) is 13.3. The van der Waals surface area contributed by atoms with Gasteiger partial charge in [0.15, 0.2) is 9.84 Å². The summed E-state index contributed by atoms with van der Waals surface area (Å²) in [7, 11) is -3.15. The molecule has 1 aliphatic heterocycles. The number of alkyl halides is 1. The highest BCUT2D eigenvalue weighted by Crippen LogP contribution is 2.21. The number of hydrogen-bond acceptors (Lipinski definition) is 3. The summed E-state index contributed by atoms with van der Waals surface area (Å²) in [5.74, 6) is -0.483. The van der Waals surface area contributed by atoms with E-state index in [1.807, 2.05) is 13.0 Å². The van der Waals surface area contributed by atoms with Crippen LogP contribution in [0.3, 0.4) is 0 Å². The highest BCUT2D eigenvalue weighted by Gasteiger charge is 2.37. The molecule has 0 saturated carbocycles. The number of hydrogen-bond donors (Lipinski definition) is 1. The first-order valence-corrected chi connectivity index (χ1v) is 8.76. The molecular weight excluding hydrogens is 354 g/mol. The van der Waals surface area contributed by atoms with Gasteiger partial charge in [0.2, 0.25) is 0 Å². The predicted octanol–water partition coefficient (Wildman–Crippen LogP) is 1.89. The van der Waals surface area contributed by atoms with E-state index in [0.29, 0.717) is 5.56 Å². The van der Waals surface area contributed by atoms with Crippen LogP contribution in [0, 0.1) is 6.92 Å². The minimum Gasteiger partial charge on any atom is -0.347 e. The molecule has 0 spiro atoms. The Morgan fingerprint density at radius 1 is 1.42 bits per heavy atom. The van der Waals surface area contributed by atoms with Crippen molar-refractivity contribution in [2.75, 3.05) is 11.5 Å². The van der Waals surface area contributed by atoms with Crippen LogP contribution in [0.25, 0.3) is 0 Å². The van der Waals surface area contributed by atoms with Crippen molar-refractivity contribution in [2.45, 2.75) is 18.3 Å². The van der Waals surface area contributed by atoms with Crippen LogP contribution >= 0.6 is 27.5 Å². The fourth-order valence-corrected chi connectivity index (χ4v) is 4.95. The zero-order chi connectivity index (χ0) is 14.2. The van der Waals surface area contributed by atoms with Gasteiger partial charge in [0.25, 0.3) is 5.91 Å². The lowest BCUT2D eigenvalue weighted by atomic mass is 10.1. The number of carbonyl (C=O) groups is 1. The van der Waals surface area contributed by atoms with Crippen LogP contribution in [-0.4, -0.2) is 37.2 Å². The molecule has 19 heavy (non-hydrogen) atoms. The van der Waals surface area contributed by atoms with Gasteiger partial charge in [-0.15, -0.1) is 11.6 Å². The van der Waals surface area contributed by atoms with Crippen molar-refractivity contribution in [3.63, 3.8) is 0 Å². The smallest absolute Gasteiger partial charge is 0.251 e. The summed E-state index contributed by atoms with van der Waals surface area (Å²) in [6, 6.07) is 4.77. The molecule has 104 valence electrons. The molecule has 0 aliphatic carbocycles. The van der Waals surface area contributed by atoms with Gasteiger partial charge in [0.05, 0.1) is 22.9 Å². The van der Waals surface area contributed by atoms with Gasteiger partial charge in [-0.1, -0.05) is 22.0 Å². The molecule has 1 aliphatic rings. The molecule has 7 heteroatoms. The topological polar surface area (TPSA) is 63.2 Å². The summed E-state index contributed by atoms with van der Waals surface area (Å²) in [6.45, 7) is 1.82. The number of sulfone groups is 1. The third-order valence-electron chi connectivity index (χ3n) is 3.11. The number of amides is 1. The van der Waals surface area contributed by atoms with Crippen molar-refractivity contribution in [1.29, 1.82) is 0 Å². The SMILES string of the molecule is Cc1c(Br)cccc1C(=O)NC1CS(=O)(=O)CC1Cl. The lowest BCUT2D eigenvalue weighted by molar-refractivity contribution is 0.0941. The predicted molar refractivity (Wildman–Crippen MR) is 78.4 cm³/mol. The fourth-order valence-electron chi connectivity index (χ4n) is 2.04. The standard InChI is InChI=1S/C12H13BrClNO3S/c1-7-8(3-2-4-9(7)13)12(16)15-11-6-19(17,18)5-10(11)14/h2-4,10-11H,5-6H2,1H3,(H,15,16). The van der Waals surface area contributed by atoms with E-state index in [1.165, 1.54) is 0 Å². The Labute approximate surface area is 125 Å². The molecule has 1 aromatic carbocycles.